The predicted octanol–water partition coefficient (Wildman–Crippen LogP) is -0.678. The van der Waals surface area contributed by atoms with Gasteiger partial charge in [0.1, 0.15) is 6.04 Å². The minimum atomic E-state index is -0.647. The summed E-state index contributed by atoms with van der Waals surface area (Å²) >= 11 is 0. The molecule has 0 radical (unpaired) electrons. The van der Waals surface area contributed by atoms with Gasteiger partial charge in [-0.1, -0.05) is 18.2 Å². The van der Waals surface area contributed by atoms with Gasteiger partial charge in [0.05, 0.1) is 10.7 Å². The fraction of sp³-hybridized carbons (Fsp3) is 0.400. The van der Waals surface area contributed by atoms with Crippen LogP contribution in [0.1, 0.15) is 32.7 Å². The third kappa shape index (κ3) is 2.61. The van der Waals surface area contributed by atoms with Gasteiger partial charge in [-0.3, -0.25) is 24.0 Å². The lowest BCUT2D eigenvalue weighted by molar-refractivity contribution is -0.135. The fourth-order valence-corrected chi connectivity index (χ4v) is 2.59. The number of hydrogen-bond donors (Lipinski definition) is 1. The molecule has 2 rings (SSSR count). The van der Waals surface area contributed by atoms with Crippen LogP contribution in [-0.2, 0) is 16.6 Å². The largest absolute Gasteiger partial charge is 0.329 e. The molecule has 112 valence electrons. The van der Waals surface area contributed by atoms with Crippen molar-refractivity contribution < 1.29 is 9.59 Å². The van der Waals surface area contributed by atoms with E-state index in [1.807, 2.05) is 32.1 Å². The first-order chi connectivity index (χ1) is 10.0. The molecule has 0 aliphatic carbocycles. The highest BCUT2D eigenvalue weighted by atomic mass is 16.2. The van der Waals surface area contributed by atoms with Crippen molar-refractivity contribution in [3.8, 4) is 0 Å². The Balaban J connectivity index is 2.72. The second-order valence-corrected chi connectivity index (χ2v) is 4.93. The molecule has 1 aliphatic rings. The van der Waals surface area contributed by atoms with Gasteiger partial charge in [0.15, 0.2) is 0 Å². The van der Waals surface area contributed by atoms with Crippen LogP contribution in [-0.4, -0.2) is 20.9 Å². The van der Waals surface area contributed by atoms with Crippen molar-refractivity contribution in [2.45, 2.75) is 32.7 Å². The van der Waals surface area contributed by atoms with Crippen LogP contribution in [0.15, 0.2) is 16.9 Å². The zero-order chi connectivity index (χ0) is 15.6. The normalized spacial score (nSPS) is 21.4. The van der Waals surface area contributed by atoms with Gasteiger partial charge in [0.2, 0.25) is 11.8 Å². The van der Waals surface area contributed by atoms with Crippen LogP contribution in [0.4, 0.5) is 0 Å². The minimum Gasteiger partial charge on any atom is -0.295 e. The Morgan fingerprint density at radius 3 is 2.48 bits per heavy atom. The summed E-state index contributed by atoms with van der Waals surface area (Å²) in [7, 11) is 1.67. The molecule has 2 amide bonds. The van der Waals surface area contributed by atoms with Crippen molar-refractivity contribution >= 4 is 24.0 Å². The number of piperidine rings is 1. The monoisotopic (exact) mass is 289 g/mol. The summed E-state index contributed by atoms with van der Waals surface area (Å²) in [5.74, 6) is -0.710. The molecule has 6 heteroatoms. The van der Waals surface area contributed by atoms with Crippen molar-refractivity contribution in [2.75, 3.05) is 0 Å². The Kier molecular flexibility index (Phi) is 4.26. The van der Waals surface area contributed by atoms with E-state index in [9.17, 15) is 14.4 Å². The summed E-state index contributed by atoms with van der Waals surface area (Å²) in [6.07, 6.45) is 7.90. The van der Waals surface area contributed by atoms with Crippen LogP contribution in [0.25, 0.3) is 12.2 Å². The van der Waals surface area contributed by atoms with Gasteiger partial charge in [-0.05, 0) is 26.3 Å². The maximum absolute atomic E-state index is 12.5. The lowest BCUT2D eigenvalue weighted by Gasteiger charge is -2.21. The van der Waals surface area contributed by atoms with E-state index in [1.54, 1.807) is 13.1 Å². The second-order valence-electron chi connectivity index (χ2n) is 4.93. The van der Waals surface area contributed by atoms with Crippen molar-refractivity contribution in [1.29, 1.82) is 0 Å². The molecule has 1 N–H and O–H groups in total. The van der Waals surface area contributed by atoms with Crippen LogP contribution < -0.4 is 21.7 Å². The van der Waals surface area contributed by atoms with Gasteiger partial charge in [0, 0.05) is 13.5 Å². The third-order valence-electron chi connectivity index (χ3n) is 3.62. The molecular weight excluding hydrogens is 270 g/mol. The van der Waals surface area contributed by atoms with E-state index in [0.717, 1.165) is 5.35 Å². The molecular formula is C15H19N3O3. The van der Waals surface area contributed by atoms with Gasteiger partial charge in [-0.15, -0.1) is 0 Å². The molecule has 1 aromatic rings. The third-order valence-corrected chi connectivity index (χ3v) is 3.62. The van der Waals surface area contributed by atoms with Crippen LogP contribution >= 0.6 is 0 Å². The fourth-order valence-electron chi connectivity index (χ4n) is 2.59. The molecule has 0 aromatic carbocycles. The van der Waals surface area contributed by atoms with Crippen molar-refractivity contribution in [3.63, 3.8) is 0 Å². The topological polar surface area (TPSA) is 73.1 Å². The number of imidazole rings is 1. The molecule has 1 fully saturated rings. The minimum absolute atomic E-state index is 0.242. The number of carbonyl (C=O) groups excluding carboxylic acids is 2. The molecule has 0 saturated carbocycles. The number of hydrogen-bond acceptors (Lipinski definition) is 3. The molecule has 6 nitrogen and oxygen atoms in total. The quantitative estimate of drug-likeness (QED) is 0.733. The van der Waals surface area contributed by atoms with E-state index in [1.165, 1.54) is 9.13 Å². The second kappa shape index (κ2) is 5.95. The first-order valence-corrected chi connectivity index (χ1v) is 6.91. The zero-order valence-corrected chi connectivity index (χ0v) is 12.4. The van der Waals surface area contributed by atoms with Crippen LogP contribution in [0.5, 0.6) is 0 Å². The maximum Gasteiger partial charge on any atom is 0.329 e. The smallest absolute Gasteiger partial charge is 0.295 e. The van der Waals surface area contributed by atoms with E-state index in [2.05, 4.69) is 5.32 Å². The molecule has 0 bridgehead atoms. The van der Waals surface area contributed by atoms with E-state index in [0.29, 0.717) is 11.8 Å². The first kappa shape index (κ1) is 15.0. The Bertz CT molecular complexity index is 780. The van der Waals surface area contributed by atoms with Crippen LogP contribution in [0.3, 0.4) is 0 Å². The predicted molar refractivity (Wildman–Crippen MR) is 79.8 cm³/mol. The maximum atomic E-state index is 12.5. The van der Waals surface area contributed by atoms with Crippen molar-refractivity contribution in [3.05, 3.63) is 33.3 Å². The molecule has 0 spiro atoms. The number of allylic oxidation sites excluding steroid dienone is 2. The average molecular weight is 289 g/mol. The highest BCUT2D eigenvalue weighted by Crippen LogP contribution is 2.14. The lowest BCUT2D eigenvalue weighted by Crippen LogP contribution is -2.47. The number of nitrogens with one attached hydrogen (secondary N) is 1. The van der Waals surface area contributed by atoms with Gasteiger partial charge in [-0.2, -0.15) is 0 Å². The average Bonchev–Trinajstić information content (AvgIpc) is 2.68. The zero-order valence-electron chi connectivity index (χ0n) is 12.4. The van der Waals surface area contributed by atoms with Crippen molar-refractivity contribution in [2.24, 2.45) is 7.05 Å². The Hall–Kier alpha value is -2.37. The molecule has 1 aromatic heterocycles. The molecule has 2 heterocycles. The van der Waals surface area contributed by atoms with E-state index in [4.69, 9.17) is 0 Å². The molecule has 1 unspecified atom stereocenters. The Labute approximate surface area is 122 Å². The SMILES string of the molecule is C\C=C/C=c1\c(=C/C)n(C)c(=O)n1C1CCC(=O)NC1=O. The summed E-state index contributed by atoms with van der Waals surface area (Å²) in [6, 6.07) is -0.647. The number of carbonyl (C=O) groups is 2. The Morgan fingerprint density at radius 2 is 1.90 bits per heavy atom. The van der Waals surface area contributed by atoms with Crippen LogP contribution in [0, 0.1) is 0 Å². The molecule has 1 atom stereocenters. The first-order valence-electron chi connectivity index (χ1n) is 6.91. The highest BCUT2D eigenvalue weighted by molar-refractivity contribution is 5.99. The van der Waals surface area contributed by atoms with Gasteiger partial charge in [0.25, 0.3) is 0 Å². The Morgan fingerprint density at radius 1 is 1.19 bits per heavy atom. The van der Waals surface area contributed by atoms with Crippen molar-refractivity contribution in [1.82, 2.24) is 14.5 Å². The van der Waals surface area contributed by atoms with Gasteiger partial charge < -0.3 is 0 Å². The van der Waals surface area contributed by atoms with Gasteiger partial charge >= 0.3 is 5.69 Å². The number of rotatable bonds is 2. The van der Waals surface area contributed by atoms with E-state index >= 15 is 0 Å². The van der Waals surface area contributed by atoms with Crippen LogP contribution in [0.2, 0.25) is 0 Å². The number of aromatic nitrogens is 2. The summed E-state index contributed by atoms with van der Waals surface area (Å²) in [4.78, 5) is 35.8. The molecule has 21 heavy (non-hydrogen) atoms. The standard InChI is InChI=1S/C15H19N3O3/c1-4-6-7-11-10(5-2)17(3)15(21)18(11)12-8-9-13(19)16-14(12)20/h4-7,12H,8-9H2,1-3H3,(H,16,19,20)/b6-4-,10-5+,11-7+. The molecule has 1 aliphatic heterocycles. The number of amides is 2. The van der Waals surface area contributed by atoms with Gasteiger partial charge in [-0.25, -0.2) is 4.79 Å². The number of imide groups is 1. The highest BCUT2D eigenvalue weighted by Gasteiger charge is 2.30. The van der Waals surface area contributed by atoms with E-state index < -0.39 is 11.9 Å². The summed E-state index contributed by atoms with van der Waals surface area (Å²) in [5, 5.41) is 3.73. The summed E-state index contributed by atoms with van der Waals surface area (Å²) in [6.45, 7) is 3.72. The molecule has 1 saturated heterocycles. The summed E-state index contributed by atoms with van der Waals surface area (Å²) in [5.41, 5.74) is -0.256. The number of nitrogens with zero attached hydrogens (tertiary/aromatic N) is 2. The van der Waals surface area contributed by atoms with E-state index in [-0.39, 0.29) is 18.0 Å². The summed E-state index contributed by atoms with van der Waals surface area (Å²) < 4.78 is 2.98. The lowest BCUT2D eigenvalue weighted by atomic mass is 10.1.